The minimum atomic E-state index is 0.110. The van der Waals surface area contributed by atoms with E-state index >= 15 is 0 Å². The number of ether oxygens (including phenoxy) is 1. The maximum atomic E-state index is 11.3. The predicted octanol–water partition coefficient (Wildman–Crippen LogP) is 3.85. The lowest BCUT2D eigenvalue weighted by Gasteiger charge is -2.37. The lowest BCUT2D eigenvalue weighted by Crippen LogP contribution is -2.47. The molecule has 0 unspecified atom stereocenters. The number of morpholine rings is 1. The lowest BCUT2D eigenvalue weighted by molar-refractivity contribution is -0.119. The van der Waals surface area contributed by atoms with Crippen LogP contribution in [0.15, 0.2) is 29.6 Å². The molecule has 3 fully saturated rings. The van der Waals surface area contributed by atoms with Gasteiger partial charge in [0.05, 0.1) is 13.2 Å². The first kappa shape index (κ1) is 24.5. The minimum absolute atomic E-state index is 0.110. The Morgan fingerprint density at radius 2 is 1.71 bits per heavy atom. The highest BCUT2D eigenvalue weighted by Crippen LogP contribution is 2.32. The van der Waals surface area contributed by atoms with Crippen molar-refractivity contribution in [3.8, 4) is 10.4 Å². The predicted molar refractivity (Wildman–Crippen MR) is 143 cm³/mol. The van der Waals surface area contributed by atoms with E-state index in [1.165, 1.54) is 36.2 Å². The van der Waals surface area contributed by atoms with Gasteiger partial charge >= 0.3 is 0 Å². The van der Waals surface area contributed by atoms with E-state index in [0.29, 0.717) is 6.04 Å². The monoisotopic (exact) mass is 497 g/mol. The molecule has 5 rings (SSSR count). The Morgan fingerprint density at radius 1 is 1.03 bits per heavy atom. The quantitative estimate of drug-likeness (QED) is 0.627. The molecule has 0 atom stereocenters. The molecule has 0 bridgehead atoms. The summed E-state index contributed by atoms with van der Waals surface area (Å²) in [6.45, 7) is 10.4. The van der Waals surface area contributed by atoms with Crippen molar-refractivity contribution >= 4 is 28.9 Å². The number of nitrogens with one attached hydrogen (secondary N) is 1. The summed E-state index contributed by atoms with van der Waals surface area (Å²) in [5.41, 5.74) is 1.27. The zero-order valence-corrected chi connectivity index (χ0v) is 21.8. The first-order valence-corrected chi connectivity index (χ1v) is 14.1. The number of piperazine rings is 1. The molecule has 2 aromatic heterocycles. The fourth-order valence-electron chi connectivity index (χ4n) is 5.65. The van der Waals surface area contributed by atoms with Crippen LogP contribution < -0.4 is 15.1 Å². The molecule has 8 heteroatoms. The first-order valence-electron chi connectivity index (χ1n) is 13.3. The van der Waals surface area contributed by atoms with Crippen molar-refractivity contribution in [3.05, 3.63) is 29.6 Å². The molecule has 190 valence electrons. The normalized spacial score (nSPS) is 23.9. The van der Waals surface area contributed by atoms with E-state index in [1.54, 1.807) is 18.3 Å². The Labute approximate surface area is 213 Å². The van der Waals surface area contributed by atoms with Gasteiger partial charge in [0.1, 0.15) is 11.6 Å². The molecule has 0 spiro atoms. The van der Waals surface area contributed by atoms with Crippen molar-refractivity contribution in [2.45, 2.75) is 45.1 Å². The Kier molecular flexibility index (Phi) is 8.21. The summed E-state index contributed by atoms with van der Waals surface area (Å²) < 4.78 is 5.57. The average molecular weight is 498 g/mol. The highest BCUT2D eigenvalue weighted by atomic mass is 32.1. The summed E-state index contributed by atoms with van der Waals surface area (Å²) in [5, 5.41) is 5.24. The van der Waals surface area contributed by atoms with Crippen LogP contribution in [-0.2, 0) is 9.53 Å². The van der Waals surface area contributed by atoms with Crippen molar-refractivity contribution in [1.82, 2.24) is 15.2 Å². The zero-order valence-electron chi connectivity index (χ0n) is 21.0. The minimum Gasteiger partial charge on any atom is -0.378 e. The van der Waals surface area contributed by atoms with Gasteiger partial charge in [-0.15, -0.1) is 11.3 Å². The van der Waals surface area contributed by atoms with E-state index in [-0.39, 0.29) is 5.91 Å². The van der Waals surface area contributed by atoms with Crippen LogP contribution in [0.4, 0.5) is 11.6 Å². The second-order valence-corrected chi connectivity index (χ2v) is 11.1. The smallest absolute Gasteiger partial charge is 0.217 e. The average Bonchev–Trinajstić information content (AvgIpc) is 3.44. The molecule has 1 amide bonds. The van der Waals surface area contributed by atoms with Gasteiger partial charge in [-0.2, -0.15) is 0 Å². The fraction of sp³-hybridized carbons (Fsp3) is 0.630. The third kappa shape index (κ3) is 6.54. The van der Waals surface area contributed by atoms with Crippen LogP contribution in [-0.4, -0.2) is 80.9 Å². The molecule has 1 saturated carbocycles. The van der Waals surface area contributed by atoms with Crippen LogP contribution >= 0.6 is 11.3 Å². The Hall–Kier alpha value is -2.16. The number of aromatic nitrogens is 1. The maximum absolute atomic E-state index is 11.3. The molecule has 2 aliphatic heterocycles. The van der Waals surface area contributed by atoms with Gasteiger partial charge in [0.2, 0.25) is 5.91 Å². The summed E-state index contributed by atoms with van der Waals surface area (Å²) >= 11 is 1.79. The van der Waals surface area contributed by atoms with Gasteiger partial charge < -0.3 is 19.9 Å². The summed E-state index contributed by atoms with van der Waals surface area (Å²) in [7, 11) is 0. The molecular formula is C27H39N5O2S. The van der Waals surface area contributed by atoms with E-state index in [0.717, 1.165) is 82.9 Å². The molecular weight excluding hydrogens is 458 g/mol. The van der Waals surface area contributed by atoms with Gasteiger partial charge in [-0.3, -0.25) is 9.69 Å². The second kappa shape index (κ2) is 11.7. The van der Waals surface area contributed by atoms with Gasteiger partial charge in [-0.05, 0) is 73.7 Å². The van der Waals surface area contributed by atoms with E-state index in [1.807, 2.05) is 0 Å². The highest BCUT2D eigenvalue weighted by Gasteiger charge is 2.24. The molecule has 1 aliphatic carbocycles. The van der Waals surface area contributed by atoms with E-state index in [2.05, 4.69) is 49.7 Å². The van der Waals surface area contributed by atoms with Gasteiger partial charge in [-0.25, -0.2) is 4.98 Å². The molecule has 0 aromatic carbocycles. The largest absolute Gasteiger partial charge is 0.378 e. The van der Waals surface area contributed by atoms with Crippen LogP contribution in [0.5, 0.6) is 0 Å². The summed E-state index contributed by atoms with van der Waals surface area (Å²) in [5.74, 6) is 3.09. The van der Waals surface area contributed by atoms with E-state index in [9.17, 15) is 4.79 Å². The summed E-state index contributed by atoms with van der Waals surface area (Å²) in [6.07, 6.45) is 6.04. The summed E-state index contributed by atoms with van der Waals surface area (Å²) in [6, 6.07) is 9.25. The third-order valence-electron chi connectivity index (χ3n) is 7.74. The number of carbonyl (C=O) groups excluding carboxylic acids is 1. The van der Waals surface area contributed by atoms with Crippen molar-refractivity contribution in [2.24, 2.45) is 5.92 Å². The van der Waals surface area contributed by atoms with Crippen LogP contribution in [0.1, 0.15) is 39.0 Å². The van der Waals surface area contributed by atoms with Crippen LogP contribution in [0, 0.1) is 5.92 Å². The number of hydrogen-bond donors (Lipinski definition) is 1. The van der Waals surface area contributed by atoms with E-state index in [4.69, 9.17) is 9.72 Å². The second-order valence-electron chi connectivity index (χ2n) is 10.2. The number of anilines is 2. The highest BCUT2D eigenvalue weighted by molar-refractivity contribution is 7.13. The number of amides is 1. The molecule has 2 saturated heterocycles. The first-order chi connectivity index (χ1) is 17.1. The maximum Gasteiger partial charge on any atom is 0.217 e. The third-order valence-corrected chi connectivity index (χ3v) is 8.66. The standard InChI is InChI=1S/C27H39N5O2S/c1-21(33)28-24-6-4-22(5-7-24)8-9-30-10-12-31(13-11-30)26-19-23(25-3-2-18-35-25)20-27(29-26)32-14-16-34-17-15-32/h2-3,18-20,22,24H,4-17H2,1H3,(H,28,33). The van der Waals surface area contributed by atoms with Gasteiger partial charge in [0.25, 0.3) is 0 Å². The molecule has 3 aliphatic rings. The van der Waals surface area contributed by atoms with Gasteiger partial charge in [0.15, 0.2) is 0 Å². The molecule has 0 radical (unpaired) electrons. The van der Waals surface area contributed by atoms with Crippen molar-refractivity contribution in [3.63, 3.8) is 0 Å². The molecule has 1 N–H and O–H groups in total. The molecule has 4 heterocycles. The Balaban J connectivity index is 1.16. The van der Waals surface area contributed by atoms with E-state index < -0.39 is 0 Å². The van der Waals surface area contributed by atoms with Crippen LogP contribution in [0.3, 0.4) is 0 Å². The van der Waals surface area contributed by atoms with Crippen molar-refractivity contribution in [1.29, 1.82) is 0 Å². The molecule has 7 nitrogen and oxygen atoms in total. The van der Waals surface area contributed by atoms with Crippen molar-refractivity contribution < 1.29 is 9.53 Å². The zero-order chi connectivity index (χ0) is 24.0. The molecule has 35 heavy (non-hydrogen) atoms. The number of thiophene rings is 1. The van der Waals surface area contributed by atoms with Crippen LogP contribution in [0.2, 0.25) is 0 Å². The number of rotatable bonds is 7. The number of pyridine rings is 1. The number of carbonyl (C=O) groups is 1. The van der Waals surface area contributed by atoms with Gasteiger partial charge in [-0.1, -0.05) is 6.07 Å². The number of nitrogens with zero attached hydrogens (tertiary/aromatic N) is 4. The Morgan fingerprint density at radius 3 is 2.34 bits per heavy atom. The topological polar surface area (TPSA) is 60.9 Å². The summed E-state index contributed by atoms with van der Waals surface area (Å²) in [4.78, 5) is 25.2. The lowest BCUT2D eigenvalue weighted by atomic mass is 9.84. The van der Waals surface area contributed by atoms with Gasteiger partial charge in [0, 0.05) is 57.1 Å². The van der Waals surface area contributed by atoms with Crippen molar-refractivity contribution in [2.75, 3.05) is 68.8 Å². The molecule has 2 aromatic rings. The number of hydrogen-bond acceptors (Lipinski definition) is 7. The fourth-order valence-corrected chi connectivity index (χ4v) is 6.37. The Bertz CT molecular complexity index is 946. The SMILES string of the molecule is CC(=O)NC1CCC(CCN2CCN(c3cc(-c4cccs4)cc(N4CCOCC4)n3)CC2)CC1. The van der Waals surface area contributed by atoms with Crippen LogP contribution in [0.25, 0.3) is 10.4 Å².